The Bertz CT molecular complexity index is 632. The van der Waals surface area contributed by atoms with Gasteiger partial charge in [0.2, 0.25) is 6.21 Å². The lowest BCUT2D eigenvalue weighted by atomic mass is 10.0. The number of amides is 1. The van der Waals surface area contributed by atoms with Crippen molar-refractivity contribution < 1.29 is 9.48 Å². The molecule has 0 fully saturated rings. The lowest BCUT2D eigenvalue weighted by molar-refractivity contribution is -0.568. The van der Waals surface area contributed by atoms with Crippen LogP contribution in [-0.2, 0) is 6.42 Å². The summed E-state index contributed by atoms with van der Waals surface area (Å²) in [6, 6.07) is 17.5. The summed E-state index contributed by atoms with van der Waals surface area (Å²) in [6.45, 7) is 0.801. The fourth-order valence-electron chi connectivity index (χ4n) is 2.23. The summed E-state index contributed by atoms with van der Waals surface area (Å²) in [7, 11) is 0. The zero-order valence-electron chi connectivity index (χ0n) is 10.5. The van der Waals surface area contributed by atoms with Gasteiger partial charge >= 0.3 is 5.91 Å². The number of hydrogen-bond donors (Lipinski definition) is 1. The molecule has 0 radical (unpaired) electrons. The molecule has 0 atom stereocenters. The van der Waals surface area contributed by atoms with Crippen LogP contribution in [0.25, 0.3) is 0 Å². The summed E-state index contributed by atoms with van der Waals surface area (Å²) in [5.74, 6) is -0.0729. The van der Waals surface area contributed by atoms with Gasteiger partial charge in [0.25, 0.3) is 0 Å². The molecule has 19 heavy (non-hydrogen) atoms. The van der Waals surface area contributed by atoms with Gasteiger partial charge in [0.15, 0.2) is 6.54 Å². The van der Waals surface area contributed by atoms with Gasteiger partial charge in [-0.05, 0) is 23.8 Å². The number of hydrazone groups is 1. The number of nitrogens with one attached hydrogen (secondary N) is 1. The maximum atomic E-state index is 12.1. The van der Waals surface area contributed by atoms with E-state index in [0.717, 1.165) is 13.0 Å². The van der Waals surface area contributed by atoms with Gasteiger partial charge < -0.3 is 0 Å². The zero-order valence-corrected chi connectivity index (χ0v) is 10.5. The van der Waals surface area contributed by atoms with E-state index in [1.165, 1.54) is 11.1 Å². The molecule has 3 rings (SSSR count). The van der Waals surface area contributed by atoms with Gasteiger partial charge in [-0.3, -0.25) is 4.79 Å². The number of hydrogen-bond acceptors (Lipinski definition) is 1. The minimum atomic E-state index is -0.0729. The second kappa shape index (κ2) is 5.06. The normalized spacial score (nSPS) is 13.4. The van der Waals surface area contributed by atoms with Crippen LogP contribution in [0.4, 0.5) is 0 Å². The van der Waals surface area contributed by atoms with Crippen LogP contribution in [0.2, 0.25) is 0 Å². The Balaban J connectivity index is 1.79. The van der Waals surface area contributed by atoms with Crippen molar-refractivity contribution in [3.63, 3.8) is 0 Å². The highest BCUT2D eigenvalue weighted by Crippen LogP contribution is 2.10. The van der Waals surface area contributed by atoms with Gasteiger partial charge in [-0.15, -0.1) is 10.1 Å². The van der Waals surface area contributed by atoms with Gasteiger partial charge in [0, 0.05) is 17.5 Å². The van der Waals surface area contributed by atoms with Gasteiger partial charge in [-0.1, -0.05) is 36.4 Å². The Morgan fingerprint density at radius 1 is 1.00 bits per heavy atom. The molecule has 1 amide bonds. The van der Waals surface area contributed by atoms with E-state index in [4.69, 9.17) is 0 Å². The summed E-state index contributed by atoms with van der Waals surface area (Å²) < 4.78 is 1.86. The number of nitrogens with zero attached hydrogens (tertiary/aromatic N) is 1. The first-order valence-corrected chi connectivity index (χ1v) is 6.38. The number of hydrazine groups is 1. The van der Waals surface area contributed by atoms with Gasteiger partial charge in [0.1, 0.15) is 0 Å². The third-order valence-electron chi connectivity index (χ3n) is 3.25. The molecule has 1 aliphatic heterocycles. The molecule has 1 heterocycles. The second-order valence-electron chi connectivity index (χ2n) is 4.58. The molecule has 0 bridgehead atoms. The van der Waals surface area contributed by atoms with Crippen molar-refractivity contribution in [2.24, 2.45) is 0 Å². The first-order chi connectivity index (χ1) is 9.33. The standard InChI is InChI=1S/C16H14N2O/c19-16(14-7-2-1-3-8-14)17-18-11-10-13-6-4-5-9-15(13)12-18/h1-9,12H,10-11H2/p+1. The number of rotatable bonds is 2. The Kier molecular flexibility index (Phi) is 3.11. The summed E-state index contributed by atoms with van der Waals surface area (Å²) in [5, 5.41) is 0. The van der Waals surface area contributed by atoms with Crippen LogP contribution in [-0.4, -0.2) is 23.4 Å². The van der Waals surface area contributed by atoms with Crippen molar-refractivity contribution in [2.45, 2.75) is 6.42 Å². The summed E-state index contributed by atoms with van der Waals surface area (Å²) in [6.07, 6.45) is 2.93. The van der Waals surface area contributed by atoms with E-state index in [0.29, 0.717) is 5.56 Å². The smallest absolute Gasteiger partial charge is 0.264 e. The Labute approximate surface area is 112 Å². The Morgan fingerprint density at radius 2 is 1.74 bits per heavy atom. The summed E-state index contributed by atoms with van der Waals surface area (Å²) in [5.41, 5.74) is 6.09. The molecule has 0 saturated carbocycles. The number of fused-ring (bicyclic) bond motifs is 1. The fraction of sp³-hybridized carbons (Fsp3) is 0.125. The quantitative estimate of drug-likeness (QED) is 0.814. The molecule has 94 valence electrons. The highest BCUT2D eigenvalue weighted by atomic mass is 16.2. The molecule has 3 heteroatoms. The van der Waals surface area contributed by atoms with E-state index in [1.54, 1.807) is 0 Å². The minimum absolute atomic E-state index is 0.0729. The number of carbonyl (C=O) groups is 1. The fourth-order valence-corrected chi connectivity index (χ4v) is 2.23. The van der Waals surface area contributed by atoms with E-state index in [1.807, 2.05) is 53.4 Å². The van der Waals surface area contributed by atoms with Crippen LogP contribution < -0.4 is 5.43 Å². The average molecular weight is 251 g/mol. The van der Waals surface area contributed by atoms with E-state index in [2.05, 4.69) is 17.6 Å². The first-order valence-electron chi connectivity index (χ1n) is 6.38. The molecular formula is C16H15N2O+. The van der Waals surface area contributed by atoms with Crippen molar-refractivity contribution >= 4 is 12.1 Å². The van der Waals surface area contributed by atoms with E-state index in [-0.39, 0.29) is 5.91 Å². The van der Waals surface area contributed by atoms with Crippen molar-refractivity contribution in [1.82, 2.24) is 5.43 Å². The predicted molar refractivity (Wildman–Crippen MR) is 74.3 cm³/mol. The van der Waals surface area contributed by atoms with Crippen LogP contribution in [0.1, 0.15) is 21.5 Å². The Morgan fingerprint density at radius 3 is 2.58 bits per heavy atom. The largest absolute Gasteiger partial charge is 0.304 e. The van der Waals surface area contributed by atoms with Gasteiger partial charge in [-0.25, -0.2) is 0 Å². The maximum Gasteiger partial charge on any atom is 0.304 e. The van der Waals surface area contributed by atoms with Crippen LogP contribution in [0.15, 0.2) is 54.6 Å². The van der Waals surface area contributed by atoms with Crippen molar-refractivity contribution in [1.29, 1.82) is 0 Å². The third kappa shape index (κ3) is 2.55. The monoisotopic (exact) mass is 251 g/mol. The highest BCUT2D eigenvalue weighted by Gasteiger charge is 2.18. The lowest BCUT2D eigenvalue weighted by Crippen LogP contribution is -2.38. The molecule has 0 aliphatic carbocycles. The summed E-state index contributed by atoms with van der Waals surface area (Å²) >= 11 is 0. The molecule has 0 saturated heterocycles. The number of carbonyl (C=O) groups excluding carboxylic acids is 1. The molecule has 1 aliphatic rings. The van der Waals surface area contributed by atoms with Crippen LogP contribution >= 0.6 is 0 Å². The van der Waals surface area contributed by atoms with Crippen LogP contribution in [0, 0.1) is 0 Å². The third-order valence-corrected chi connectivity index (χ3v) is 3.25. The van der Waals surface area contributed by atoms with Gasteiger partial charge in [-0.2, -0.15) is 0 Å². The average Bonchev–Trinajstić information content (AvgIpc) is 2.48. The van der Waals surface area contributed by atoms with E-state index < -0.39 is 0 Å². The van der Waals surface area contributed by atoms with Crippen molar-refractivity contribution in [3.8, 4) is 0 Å². The molecule has 1 N–H and O–H groups in total. The molecule has 0 spiro atoms. The molecule has 3 nitrogen and oxygen atoms in total. The van der Waals surface area contributed by atoms with Crippen molar-refractivity contribution in [3.05, 3.63) is 71.3 Å². The highest BCUT2D eigenvalue weighted by molar-refractivity contribution is 5.93. The van der Waals surface area contributed by atoms with Crippen LogP contribution in [0.5, 0.6) is 0 Å². The SMILES string of the molecule is O=C(N[N+]1=Cc2ccccc2CC1)c1ccccc1. The van der Waals surface area contributed by atoms with Crippen molar-refractivity contribution in [2.75, 3.05) is 6.54 Å². The Hall–Kier alpha value is -2.42. The molecular weight excluding hydrogens is 236 g/mol. The molecule has 2 aromatic carbocycles. The topological polar surface area (TPSA) is 32.1 Å². The lowest BCUT2D eigenvalue weighted by Gasteiger charge is -2.11. The maximum absolute atomic E-state index is 12.1. The molecule has 0 unspecified atom stereocenters. The van der Waals surface area contributed by atoms with E-state index in [9.17, 15) is 4.79 Å². The first kappa shape index (κ1) is 11.7. The van der Waals surface area contributed by atoms with E-state index >= 15 is 0 Å². The summed E-state index contributed by atoms with van der Waals surface area (Å²) in [4.78, 5) is 12.1. The van der Waals surface area contributed by atoms with Gasteiger partial charge in [0.05, 0.1) is 0 Å². The molecule has 2 aromatic rings. The zero-order chi connectivity index (χ0) is 13.1. The van der Waals surface area contributed by atoms with Crippen LogP contribution in [0.3, 0.4) is 0 Å². The minimum Gasteiger partial charge on any atom is -0.264 e. The number of benzene rings is 2. The second-order valence-corrected chi connectivity index (χ2v) is 4.58. The molecule has 0 aromatic heterocycles. The predicted octanol–water partition coefficient (Wildman–Crippen LogP) is 2.02.